The third kappa shape index (κ3) is 4.15. The quantitative estimate of drug-likeness (QED) is 0.760. The van der Waals surface area contributed by atoms with Gasteiger partial charge in [-0.1, -0.05) is 13.8 Å². The number of benzene rings is 1. The average molecular weight is 282 g/mol. The Morgan fingerprint density at radius 3 is 2.45 bits per heavy atom. The third-order valence-corrected chi connectivity index (χ3v) is 2.57. The fourth-order valence-electron chi connectivity index (χ4n) is 1.55. The number of hydrogen-bond donors (Lipinski definition) is 2. The van der Waals surface area contributed by atoms with Gasteiger partial charge in [-0.3, -0.25) is 0 Å². The van der Waals surface area contributed by atoms with Crippen molar-refractivity contribution in [2.75, 3.05) is 6.61 Å². The summed E-state index contributed by atoms with van der Waals surface area (Å²) in [5, 5.41) is 18.1. The number of carbonyl (C=O) groups is 2. The van der Waals surface area contributed by atoms with Gasteiger partial charge in [-0.15, -0.1) is 0 Å². The lowest BCUT2D eigenvalue weighted by Crippen LogP contribution is -2.26. The second kappa shape index (κ2) is 7.37. The van der Waals surface area contributed by atoms with Crippen LogP contribution in [0, 0.1) is 0 Å². The zero-order valence-electron chi connectivity index (χ0n) is 11.5. The van der Waals surface area contributed by atoms with Crippen molar-refractivity contribution in [1.29, 1.82) is 0 Å². The van der Waals surface area contributed by atoms with E-state index >= 15 is 0 Å². The lowest BCUT2D eigenvalue weighted by molar-refractivity contribution is -0.145. The highest BCUT2D eigenvalue weighted by atomic mass is 16.5. The number of aliphatic carboxylic acids is 1. The SMILES string of the molecule is CCCOc1ccc(C(=O)O)c(OC(CC)C(=O)O)c1. The van der Waals surface area contributed by atoms with Gasteiger partial charge in [0.15, 0.2) is 6.10 Å². The van der Waals surface area contributed by atoms with E-state index in [1.54, 1.807) is 6.92 Å². The first-order valence-corrected chi connectivity index (χ1v) is 6.39. The molecule has 1 aromatic rings. The molecule has 0 amide bonds. The molecule has 0 saturated heterocycles. The van der Waals surface area contributed by atoms with E-state index in [1.165, 1.54) is 18.2 Å². The molecule has 0 bridgehead atoms. The second-order valence-corrected chi connectivity index (χ2v) is 4.16. The molecule has 1 aromatic carbocycles. The molecule has 20 heavy (non-hydrogen) atoms. The molecule has 2 N–H and O–H groups in total. The Hall–Kier alpha value is -2.24. The summed E-state index contributed by atoms with van der Waals surface area (Å²) >= 11 is 0. The van der Waals surface area contributed by atoms with Crippen LogP contribution < -0.4 is 9.47 Å². The molecule has 1 rings (SSSR count). The maximum Gasteiger partial charge on any atom is 0.344 e. The largest absolute Gasteiger partial charge is 0.493 e. The Kier molecular flexibility index (Phi) is 5.83. The van der Waals surface area contributed by atoms with Gasteiger partial charge < -0.3 is 19.7 Å². The zero-order chi connectivity index (χ0) is 15.1. The Labute approximate surface area is 116 Å². The maximum atomic E-state index is 11.1. The van der Waals surface area contributed by atoms with Crippen LogP contribution in [0.4, 0.5) is 0 Å². The predicted molar refractivity (Wildman–Crippen MR) is 71.5 cm³/mol. The molecule has 1 unspecified atom stereocenters. The number of ether oxygens (including phenoxy) is 2. The standard InChI is InChI=1S/C14H18O6/c1-3-7-19-9-5-6-10(13(15)16)12(8-9)20-11(4-2)14(17)18/h5-6,8,11H,3-4,7H2,1-2H3,(H,15,16)(H,17,18). The number of carboxylic acid groups (broad SMARTS) is 2. The molecule has 0 aromatic heterocycles. The number of rotatable bonds is 8. The van der Waals surface area contributed by atoms with E-state index in [0.717, 1.165) is 6.42 Å². The molecule has 0 aliphatic carbocycles. The van der Waals surface area contributed by atoms with E-state index in [1.807, 2.05) is 6.92 Å². The van der Waals surface area contributed by atoms with Crippen molar-refractivity contribution in [3.8, 4) is 11.5 Å². The Morgan fingerprint density at radius 1 is 1.25 bits per heavy atom. The zero-order valence-corrected chi connectivity index (χ0v) is 11.5. The van der Waals surface area contributed by atoms with Crippen LogP contribution in [-0.2, 0) is 4.79 Å². The topological polar surface area (TPSA) is 93.1 Å². The van der Waals surface area contributed by atoms with Crippen LogP contribution in [0.2, 0.25) is 0 Å². The van der Waals surface area contributed by atoms with Gasteiger partial charge in [0, 0.05) is 6.07 Å². The normalized spacial score (nSPS) is 11.7. The van der Waals surface area contributed by atoms with E-state index in [0.29, 0.717) is 12.4 Å². The van der Waals surface area contributed by atoms with Crippen LogP contribution in [0.5, 0.6) is 11.5 Å². The van der Waals surface area contributed by atoms with Crippen molar-refractivity contribution in [3.63, 3.8) is 0 Å². The van der Waals surface area contributed by atoms with Crippen molar-refractivity contribution in [1.82, 2.24) is 0 Å². The van der Waals surface area contributed by atoms with Gasteiger partial charge in [0.25, 0.3) is 0 Å². The van der Waals surface area contributed by atoms with E-state index in [4.69, 9.17) is 19.7 Å². The predicted octanol–water partition coefficient (Wildman–Crippen LogP) is 2.42. The Morgan fingerprint density at radius 2 is 1.95 bits per heavy atom. The average Bonchev–Trinajstić information content (AvgIpc) is 2.41. The molecule has 0 aliphatic heterocycles. The van der Waals surface area contributed by atoms with E-state index in [9.17, 15) is 9.59 Å². The number of hydrogen-bond acceptors (Lipinski definition) is 4. The van der Waals surface area contributed by atoms with Gasteiger partial charge in [0.1, 0.15) is 17.1 Å². The summed E-state index contributed by atoms with van der Waals surface area (Å²) < 4.78 is 10.7. The molecule has 6 heteroatoms. The van der Waals surface area contributed by atoms with Crippen molar-refractivity contribution in [2.45, 2.75) is 32.8 Å². The van der Waals surface area contributed by atoms with Crippen LogP contribution in [0.15, 0.2) is 18.2 Å². The summed E-state index contributed by atoms with van der Waals surface area (Å²) in [6.07, 6.45) is -0.0487. The molecule has 1 atom stereocenters. The first-order valence-electron chi connectivity index (χ1n) is 6.39. The van der Waals surface area contributed by atoms with Crippen molar-refractivity contribution < 1.29 is 29.3 Å². The summed E-state index contributed by atoms with van der Waals surface area (Å²) in [4.78, 5) is 22.1. The summed E-state index contributed by atoms with van der Waals surface area (Å²) in [6, 6.07) is 4.27. The minimum Gasteiger partial charge on any atom is -0.493 e. The van der Waals surface area contributed by atoms with Gasteiger partial charge >= 0.3 is 11.9 Å². The highest BCUT2D eigenvalue weighted by Crippen LogP contribution is 2.26. The summed E-state index contributed by atoms with van der Waals surface area (Å²) in [5.74, 6) is -1.86. The summed E-state index contributed by atoms with van der Waals surface area (Å²) in [5.41, 5.74) is -0.0893. The fourth-order valence-corrected chi connectivity index (χ4v) is 1.55. The Balaban J connectivity index is 3.04. The molecule has 0 heterocycles. The highest BCUT2D eigenvalue weighted by Gasteiger charge is 2.21. The number of carboxylic acids is 2. The third-order valence-electron chi connectivity index (χ3n) is 2.57. The van der Waals surface area contributed by atoms with Crippen LogP contribution in [0.25, 0.3) is 0 Å². The van der Waals surface area contributed by atoms with Gasteiger partial charge in [0.2, 0.25) is 0 Å². The Bertz CT molecular complexity index is 483. The molecule has 0 radical (unpaired) electrons. The van der Waals surface area contributed by atoms with E-state index in [-0.39, 0.29) is 17.7 Å². The minimum atomic E-state index is -1.18. The van der Waals surface area contributed by atoms with Crippen LogP contribution >= 0.6 is 0 Å². The first kappa shape index (κ1) is 15.8. The smallest absolute Gasteiger partial charge is 0.344 e. The van der Waals surface area contributed by atoms with Crippen molar-refractivity contribution in [2.24, 2.45) is 0 Å². The maximum absolute atomic E-state index is 11.1. The summed E-state index contributed by atoms with van der Waals surface area (Å²) in [6.45, 7) is 4.08. The summed E-state index contributed by atoms with van der Waals surface area (Å²) in [7, 11) is 0. The van der Waals surface area contributed by atoms with Crippen molar-refractivity contribution in [3.05, 3.63) is 23.8 Å². The molecule has 0 spiro atoms. The molecular formula is C14H18O6. The van der Waals surface area contributed by atoms with Crippen molar-refractivity contribution >= 4 is 11.9 Å². The van der Waals surface area contributed by atoms with Gasteiger partial charge in [-0.25, -0.2) is 9.59 Å². The first-order chi connectivity index (χ1) is 9.49. The van der Waals surface area contributed by atoms with Crippen LogP contribution in [0.1, 0.15) is 37.0 Å². The molecule has 110 valence electrons. The monoisotopic (exact) mass is 282 g/mol. The molecule has 0 fully saturated rings. The highest BCUT2D eigenvalue weighted by molar-refractivity contribution is 5.91. The van der Waals surface area contributed by atoms with E-state index < -0.39 is 18.0 Å². The van der Waals surface area contributed by atoms with Gasteiger partial charge in [0.05, 0.1) is 6.61 Å². The molecule has 0 aliphatic rings. The number of aromatic carboxylic acids is 1. The molecule has 0 saturated carbocycles. The van der Waals surface area contributed by atoms with Gasteiger partial charge in [-0.2, -0.15) is 0 Å². The van der Waals surface area contributed by atoms with E-state index in [2.05, 4.69) is 0 Å². The van der Waals surface area contributed by atoms with Crippen LogP contribution in [-0.4, -0.2) is 34.9 Å². The van der Waals surface area contributed by atoms with Crippen LogP contribution in [0.3, 0.4) is 0 Å². The molecular weight excluding hydrogens is 264 g/mol. The lowest BCUT2D eigenvalue weighted by atomic mass is 10.2. The van der Waals surface area contributed by atoms with Gasteiger partial charge in [-0.05, 0) is 25.0 Å². The minimum absolute atomic E-state index is 0.000327. The second-order valence-electron chi connectivity index (χ2n) is 4.16. The molecule has 6 nitrogen and oxygen atoms in total. The lowest BCUT2D eigenvalue weighted by Gasteiger charge is -2.16. The fraction of sp³-hybridized carbons (Fsp3) is 0.429.